The first kappa shape index (κ1) is 17.5. The molecule has 0 atom stereocenters. The molecule has 1 N–H and O–H groups in total. The molecular weight excluding hydrogens is 304 g/mol. The summed E-state index contributed by atoms with van der Waals surface area (Å²) in [7, 11) is 3.38. The minimum absolute atomic E-state index is 0.0630. The molecule has 24 heavy (non-hydrogen) atoms. The van der Waals surface area contributed by atoms with Crippen LogP contribution < -0.4 is 10.1 Å². The van der Waals surface area contributed by atoms with Gasteiger partial charge in [0.05, 0.1) is 7.11 Å². The van der Waals surface area contributed by atoms with Crippen molar-refractivity contribution in [1.29, 1.82) is 0 Å². The number of nitrogens with zero attached hydrogens (tertiary/aromatic N) is 1. The van der Waals surface area contributed by atoms with Crippen molar-refractivity contribution in [3.05, 3.63) is 65.2 Å². The molecule has 0 heterocycles. The van der Waals surface area contributed by atoms with Crippen LogP contribution in [0, 0.1) is 0 Å². The number of carbonyl (C=O) groups is 2. The summed E-state index contributed by atoms with van der Waals surface area (Å²) in [4.78, 5) is 25.1. The minimum Gasteiger partial charge on any atom is -0.496 e. The minimum atomic E-state index is -0.0771. The first-order valence-corrected chi connectivity index (χ1v) is 7.72. The van der Waals surface area contributed by atoms with Gasteiger partial charge in [0.2, 0.25) is 5.91 Å². The molecule has 0 unspecified atom stereocenters. The highest BCUT2D eigenvalue weighted by atomic mass is 16.5. The smallest absolute Gasteiger partial charge is 0.253 e. The fourth-order valence-corrected chi connectivity index (χ4v) is 2.37. The molecule has 0 aromatic heterocycles. The maximum Gasteiger partial charge on any atom is 0.253 e. The third kappa shape index (κ3) is 4.59. The number of amides is 2. The molecule has 0 radical (unpaired) electrons. The van der Waals surface area contributed by atoms with Crippen LogP contribution in [0.25, 0.3) is 0 Å². The molecule has 0 aliphatic heterocycles. The predicted octanol–water partition coefficient (Wildman–Crippen LogP) is 2.60. The van der Waals surface area contributed by atoms with Gasteiger partial charge in [-0.2, -0.15) is 0 Å². The summed E-state index contributed by atoms with van der Waals surface area (Å²) in [6.45, 7) is 2.40. The van der Waals surface area contributed by atoms with Crippen molar-refractivity contribution in [1.82, 2.24) is 10.2 Å². The summed E-state index contributed by atoms with van der Waals surface area (Å²) < 4.78 is 5.32. The molecule has 0 saturated carbocycles. The zero-order chi connectivity index (χ0) is 17.5. The van der Waals surface area contributed by atoms with Gasteiger partial charge in [-0.3, -0.25) is 9.59 Å². The lowest BCUT2D eigenvalue weighted by Gasteiger charge is -2.19. The lowest BCUT2D eigenvalue weighted by atomic mass is 10.1. The first-order valence-electron chi connectivity index (χ1n) is 7.72. The SMILES string of the molecule is COc1ccccc1CN(C)C(=O)c1ccc(CNC(C)=O)cc1. The van der Waals surface area contributed by atoms with Gasteiger partial charge >= 0.3 is 0 Å². The summed E-state index contributed by atoms with van der Waals surface area (Å²) in [6, 6.07) is 14.9. The Bertz CT molecular complexity index is 711. The van der Waals surface area contributed by atoms with E-state index in [9.17, 15) is 9.59 Å². The van der Waals surface area contributed by atoms with Crippen molar-refractivity contribution < 1.29 is 14.3 Å². The van der Waals surface area contributed by atoms with Crippen molar-refractivity contribution in [2.45, 2.75) is 20.0 Å². The van der Waals surface area contributed by atoms with Crippen molar-refractivity contribution in [3.8, 4) is 5.75 Å². The number of hydrogen-bond acceptors (Lipinski definition) is 3. The van der Waals surface area contributed by atoms with E-state index in [0.717, 1.165) is 16.9 Å². The zero-order valence-electron chi connectivity index (χ0n) is 14.2. The number of ether oxygens (including phenoxy) is 1. The Morgan fingerprint density at radius 2 is 1.75 bits per heavy atom. The van der Waals surface area contributed by atoms with Crippen LogP contribution >= 0.6 is 0 Å². The fraction of sp³-hybridized carbons (Fsp3) is 0.263. The molecule has 0 fully saturated rings. The largest absolute Gasteiger partial charge is 0.496 e. The van der Waals surface area contributed by atoms with Crippen LogP contribution in [-0.2, 0) is 17.9 Å². The van der Waals surface area contributed by atoms with Crippen molar-refractivity contribution in [2.75, 3.05) is 14.2 Å². The maximum absolute atomic E-state index is 12.5. The standard InChI is InChI=1S/C19H22N2O3/c1-14(22)20-12-15-8-10-16(11-9-15)19(23)21(2)13-17-6-4-5-7-18(17)24-3/h4-11H,12-13H2,1-3H3,(H,20,22). The van der Waals surface area contributed by atoms with E-state index in [1.807, 2.05) is 36.4 Å². The Balaban J connectivity index is 2.03. The maximum atomic E-state index is 12.5. The van der Waals surface area contributed by atoms with Crippen LogP contribution in [0.1, 0.15) is 28.4 Å². The molecule has 0 aliphatic rings. The third-order valence-electron chi connectivity index (χ3n) is 3.69. The Labute approximate surface area is 142 Å². The van der Waals surface area contributed by atoms with Gasteiger partial charge in [-0.1, -0.05) is 30.3 Å². The van der Waals surface area contributed by atoms with Gasteiger partial charge in [-0.05, 0) is 23.8 Å². The number of methoxy groups -OCH3 is 1. The second-order valence-electron chi connectivity index (χ2n) is 5.58. The number of nitrogens with one attached hydrogen (secondary N) is 1. The molecule has 126 valence electrons. The van der Waals surface area contributed by atoms with E-state index < -0.39 is 0 Å². The second-order valence-corrected chi connectivity index (χ2v) is 5.58. The summed E-state index contributed by atoms with van der Waals surface area (Å²) >= 11 is 0. The molecule has 0 spiro atoms. The molecule has 2 amide bonds. The highest BCUT2D eigenvalue weighted by Gasteiger charge is 2.14. The van der Waals surface area contributed by atoms with E-state index in [-0.39, 0.29) is 11.8 Å². The lowest BCUT2D eigenvalue weighted by Crippen LogP contribution is -2.26. The molecule has 0 saturated heterocycles. The molecule has 0 bridgehead atoms. The van der Waals surface area contributed by atoms with E-state index in [2.05, 4.69) is 5.32 Å². The number of carbonyl (C=O) groups excluding carboxylic acids is 2. The van der Waals surface area contributed by atoms with Gasteiger partial charge in [0.1, 0.15) is 5.75 Å². The first-order chi connectivity index (χ1) is 11.5. The summed E-state index contributed by atoms with van der Waals surface area (Å²) in [5.41, 5.74) is 2.52. The molecule has 2 rings (SSSR count). The Hall–Kier alpha value is -2.82. The van der Waals surface area contributed by atoms with E-state index in [1.54, 1.807) is 31.2 Å². The fourth-order valence-electron chi connectivity index (χ4n) is 2.37. The summed E-state index contributed by atoms with van der Waals surface area (Å²) in [5.74, 6) is 0.626. The van der Waals surface area contributed by atoms with E-state index >= 15 is 0 Å². The van der Waals surface area contributed by atoms with Crippen LogP contribution in [0.5, 0.6) is 5.75 Å². The molecule has 2 aromatic rings. The molecule has 2 aromatic carbocycles. The monoisotopic (exact) mass is 326 g/mol. The number of hydrogen-bond donors (Lipinski definition) is 1. The lowest BCUT2D eigenvalue weighted by molar-refractivity contribution is -0.119. The van der Waals surface area contributed by atoms with E-state index in [1.165, 1.54) is 6.92 Å². The van der Waals surface area contributed by atoms with Crippen LogP contribution in [0.3, 0.4) is 0 Å². The molecule has 5 nitrogen and oxygen atoms in total. The topological polar surface area (TPSA) is 58.6 Å². The number of rotatable bonds is 6. The van der Waals surface area contributed by atoms with E-state index in [0.29, 0.717) is 18.7 Å². The number of benzene rings is 2. The highest BCUT2D eigenvalue weighted by molar-refractivity contribution is 5.94. The van der Waals surface area contributed by atoms with Gasteiger partial charge < -0.3 is 15.0 Å². The Morgan fingerprint density at radius 1 is 1.08 bits per heavy atom. The quantitative estimate of drug-likeness (QED) is 0.888. The van der Waals surface area contributed by atoms with Gasteiger partial charge in [-0.15, -0.1) is 0 Å². The van der Waals surface area contributed by atoms with Crippen molar-refractivity contribution in [3.63, 3.8) is 0 Å². The highest BCUT2D eigenvalue weighted by Crippen LogP contribution is 2.19. The second kappa shape index (κ2) is 8.15. The van der Waals surface area contributed by atoms with Gasteiger partial charge in [0.25, 0.3) is 5.91 Å². The number of para-hydroxylation sites is 1. The average Bonchev–Trinajstić information content (AvgIpc) is 2.60. The van der Waals surface area contributed by atoms with Crippen LogP contribution in [0.15, 0.2) is 48.5 Å². The van der Waals surface area contributed by atoms with Crippen molar-refractivity contribution >= 4 is 11.8 Å². The molecular formula is C19H22N2O3. The summed E-state index contributed by atoms with van der Waals surface area (Å²) in [5, 5.41) is 2.73. The van der Waals surface area contributed by atoms with Gasteiger partial charge in [0.15, 0.2) is 0 Å². The normalized spacial score (nSPS) is 10.1. The van der Waals surface area contributed by atoms with Crippen LogP contribution in [-0.4, -0.2) is 30.9 Å². The van der Waals surface area contributed by atoms with Crippen molar-refractivity contribution in [2.24, 2.45) is 0 Å². The summed E-state index contributed by atoms with van der Waals surface area (Å²) in [6.07, 6.45) is 0. The average molecular weight is 326 g/mol. The Morgan fingerprint density at radius 3 is 2.38 bits per heavy atom. The molecule has 0 aliphatic carbocycles. The third-order valence-corrected chi connectivity index (χ3v) is 3.69. The Kier molecular flexibility index (Phi) is 5.95. The van der Waals surface area contributed by atoms with Gasteiger partial charge in [-0.25, -0.2) is 0 Å². The van der Waals surface area contributed by atoms with E-state index in [4.69, 9.17) is 4.74 Å². The van der Waals surface area contributed by atoms with Gasteiger partial charge in [0, 0.05) is 38.2 Å². The molecule has 5 heteroatoms. The predicted molar refractivity (Wildman–Crippen MR) is 92.8 cm³/mol. The van der Waals surface area contributed by atoms with Crippen LogP contribution in [0.2, 0.25) is 0 Å². The van der Waals surface area contributed by atoms with Crippen LogP contribution in [0.4, 0.5) is 0 Å². The zero-order valence-corrected chi connectivity index (χ0v) is 14.2.